The van der Waals surface area contributed by atoms with Gasteiger partial charge in [-0.25, -0.2) is 0 Å². The third-order valence-corrected chi connectivity index (χ3v) is 7.73. The number of nitrogens with one attached hydrogen (secondary N) is 2. The number of benzene rings is 1. The Bertz CT molecular complexity index is 867. The van der Waals surface area contributed by atoms with Crippen LogP contribution in [0.1, 0.15) is 40.5 Å². The van der Waals surface area contributed by atoms with E-state index in [1.165, 1.54) is 18.9 Å². The molecule has 0 saturated heterocycles. The Morgan fingerprint density at radius 1 is 0.886 bits per heavy atom. The van der Waals surface area contributed by atoms with E-state index in [4.69, 9.17) is 14.9 Å². The molecule has 1 aromatic carbocycles. The monoisotopic (exact) mass is 835 g/mol. The summed E-state index contributed by atoms with van der Waals surface area (Å²) in [5.74, 6) is -2.00. The molecule has 0 aliphatic carbocycles. The van der Waals surface area contributed by atoms with Crippen LogP contribution in [0.25, 0.3) is 0 Å². The maximum atomic E-state index is 13.1. The van der Waals surface area contributed by atoms with E-state index >= 15 is 0 Å². The normalized spacial score (nSPS) is 13.7. The van der Waals surface area contributed by atoms with E-state index in [1.807, 2.05) is 45.2 Å². The highest BCUT2D eigenvalue weighted by molar-refractivity contribution is 14.1. The Labute approximate surface area is 243 Å². The van der Waals surface area contributed by atoms with E-state index in [0.29, 0.717) is 0 Å². The molecule has 3 unspecified atom stereocenters. The summed E-state index contributed by atoms with van der Waals surface area (Å²) < 4.78 is 5.67. The zero-order valence-electron chi connectivity index (χ0n) is 18.9. The van der Waals surface area contributed by atoms with Crippen molar-refractivity contribution in [1.29, 1.82) is 0 Å². The van der Waals surface area contributed by atoms with Crippen LogP contribution in [0, 0.1) is 10.7 Å². The number of ether oxygens (including phenoxy) is 1. The number of methoxy groups -OCH3 is 1. The predicted molar refractivity (Wildman–Crippen MR) is 151 cm³/mol. The van der Waals surface area contributed by atoms with Gasteiger partial charge in [0.05, 0.1) is 43.2 Å². The fraction of sp³-hybridized carbons (Fsp3) is 0.550. The number of anilines is 1. The lowest BCUT2D eigenvalue weighted by atomic mass is 10.1. The molecule has 0 saturated carbocycles. The van der Waals surface area contributed by atoms with Crippen LogP contribution in [0.4, 0.5) is 5.69 Å². The zero-order chi connectivity index (χ0) is 26.9. The first kappa shape index (κ1) is 32.6. The van der Waals surface area contributed by atoms with Crippen molar-refractivity contribution in [3.8, 4) is 0 Å². The van der Waals surface area contributed by atoms with Crippen molar-refractivity contribution < 1.29 is 44.7 Å². The first-order chi connectivity index (χ1) is 16.4. The zero-order valence-corrected chi connectivity index (χ0v) is 25.4. The molecule has 35 heavy (non-hydrogen) atoms. The Kier molecular flexibility index (Phi) is 14.7. The second-order valence-electron chi connectivity index (χ2n) is 7.28. The van der Waals surface area contributed by atoms with Gasteiger partial charge in [0.25, 0.3) is 11.8 Å². The molecule has 0 fully saturated rings. The number of halogens is 3. The number of rotatable bonds is 13. The van der Waals surface area contributed by atoms with Gasteiger partial charge in [0, 0.05) is 43.7 Å². The van der Waals surface area contributed by atoms with E-state index in [0.717, 1.165) is 0 Å². The summed E-state index contributed by atoms with van der Waals surface area (Å²) in [5, 5.41) is 53.0. The summed E-state index contributed by atoms with van der Waals surface area (Å²) in [6, 6.07) is 0. The van der Waals surface area contributed by atoms with Crippen molar-refractivity contribution in [2.75, 3.05) is 38.4 Å². The van der Waals surface area contributed by atoms with Gasteiger partial charge in [0.2, 0.25) is 5.91 Å². The molecule has 0 aromatic heterocycles. The van der Waals surface area contributed by atoms with Crippen molar-refractivity contribution in [3.63, 3.8) is 0 Å². The van der Waals surface area contributed by atoms with Gasteiger partial charge in [0.15, 0.2) is 0 Å². The van der Waals surface area contributed by atoms with Crippen LogP contribution >= 0.6 is 67.8 Å². The summed E-state index contributed by atoms with van der Waals surface area (Å²) in [7, 11) is 1.39. The smallest absolute Gasteiger partial charge is 0.255 e. The van der Waals surface area contributed by atoms with E-state index in [1.54, 1.807) is 22.6 Å². The summed E-state index contributed by atoms with van der Waals surface area (Å²) in [4.78, 5) is 40.0. The first-order valence-electron chi connectivity index (χ1n) is 10.3. The fourth-order valence-electron chi connectivity index (χ4n) is 2.96. The van der Waals surface area contributed by atoms with Crippen LogP contribution in [-0.4, -0.2) is 95.3 Å². The van der Waals surface area contributed by atoms with Crippen LogP contribution in [0.2, 0.25) is 0 Å². The number of hydrogen-bond acceptors (Lipinski definition) is 9. The number of aliphatic hydroxyl groups excluding tert-OH is 5. The van der Waals surface area contributed by atoms with Gasteiger partial charge in [-0.2, -0.15) is 0 Å². The quantitative estimate of drug-likeness (QED) is 0.104. The summed E-state index contributed by atoms with van der Waals surface area (Å²) in [6.07, 6.45) is -4.04. The number of carbonyl (C=O) groups is 3. The first-order valence-corrected chi connectivity index (χ1v) is 13.5. The second-order valence-corrected chi connectivity index (χ2v) is 10.5. The van der Waals surface area contributed by atoms with Crippen LogP contribution in [0.5, 0.6) is 0 Å². The highest BCUT2D eigenvalue weighted by Gasteiger charge is 2.32. The van der Waals surface area contributed by atoms with Crippen LogP contribution in [-0.2, 0) is 9.53 Å². The lowest BCUT2D eigenvalue weighted by molar-refractivity contribution is -0.117. The van der Waals surface area contributed by atoms with Gasteiger partial charge in [-0.15, -0.1) is 0 Å². The molecular formula is C20H28I3N3O9. The van der Waals surface area contributed by atoms with Gasteiger partial charge in [-0.1, -0.05) is 0 Å². The third kappa shape index (κ3) is 9.13. The SMILES string of the molecule is COCC(O)CN(C(C)=O)c1c(I)c(C(=O)NC(O)CCO)c(I)c(C(=O)NC(O)CCO)c1I. The third-order valence-electron chi connectivity index (χ3n) is 4.55. The van der Waals surface area contributed by atoms with Crippen LogP contribution in [0.15, 0.2) is 0 Å². The molecule has 0 aliphatic rings. The van der Waals surface area contributed by atoms with Crippen molar-refractivity contribution in [1.82, 2.24) is 10.6 Å². The van der Waals surface area contributed by atoms with Crippen molar-refractivity contribution in [2.24, 2.45) is 0 Å². The summed E-state index contributed by atoms with van der Waals surface area (Å²) >= 11 is 5.49. The molecule has 198 valence electrons. The molecule has 7 N–H and O–H groups in total. The molecule has 12 nitrogen and oxygen atoms in total. The Hall–Kier alpha value is -0.420. The molecule has 1 aromatic rings. The number of hydrogen-bond donors (Lipinski definition) is 7. The van der Waals surface area contributed by atoms with E-state index < -0.39 is 36.3 Å². The molecular weight excluding hydrogens is 807 g/mol. The Morgan fingerprint density at radius 2 is 1.31 bits per heavy atom. The largest absolute Gasteiger partial charge is 0.396 e. The molecule has 0 aliphatic heterocycles. The number of amides is 3. The highest BCUT2D eigenvalue weighted by Crippen LogP contribution is 2.38. The average molecular weight is 835 g/mol. The maximum Gasteiger partial charge on any atom is 0.255 e. The van der Waals surface area contributed by atoms with Crippen molar-refractivity contribution in [3.05, 3.63) is 21.8 Å². The molecule has 0 spiro atoms. The van der Waals surface area contributed by atoms with E-state index in [2.05, 4.69) is 10.6 Å². The standard InChI is InChI=1S/C20H28I3N3O9/c1-9(29)26(7-10(30)8-35-2)18-16(22)13(19(33)24-11(31)3-5-27)15(21)14(17(18)23)20(34)25-12(32)4-6-28/h10-12,27-28,30-32H,3-8H2,1-2H3,(H,24,33)(H,25,34). The minimum absolute atomic E-state index is 0.0205. The number of aliphatic hydroxyl groups is 5. The molecule has 0 radical (unpaired) electrons. The maximum absolute atomic E-state index is 13.1. The highest BCUT2D eigenvalue weighted by atomic mass is 127. The van der Waals surface area contributed by atoms with Crippen LogP contribution < -0.4 is 15.5 Å². The fourth-order valence-corrected chi connectivity index (χ4v) is 7.68. The Balaban J connectivity index is 3.78. The summed E-state index contributed by atoms with van der Waals surface area (Å²) in [6.45, 7) is 0.249. The summed E-state index contributed by atoms with van der Waals surface area (Å²) in [5.41, 5.74) is 0.138. The molecule has 3 atom stereocenters. The van der Waals surface area contributed by atoms with E-state index in [9.17, 15) is 29.7 Å². The lowest BCUT2D eigenvalue weighted by Gasteiger charge is -2.29. The van der Waals surface area contributed by atoms with Crippen molar-refractivity contribution in [2.45, 2.75) is 38.3 Å². The van der Waals surface area contributed by atoms with Gasteiger partial charge in [0.1, 0.15) is 12.5 Å². The lowest BCUT2D eigenvalue weighted by Crippen LogP contribution is -2.42. The second kappa shape index (κ2) is 15.7. The van der Waals surface area contributed by atoms with Gasteiger partial charge in [-0.3, -0.25) is 14.4 Å². The Morgan fingerprint density at radius 3 is 1.66 bits per heavy atom. The molecule has 15 heteroatoms. The predicted octanol–water partition coefficient (Wildman–Crippen LogP) is -0.278. The molecule has 3 amide bonds. The minimum Gasteiger partial charge on any atom is -0.396 e. The number of carbonyl (C=O) groups excluding carboxylic acids is 3. The minimum atomic E-state index is -1.36. The van der Waals surface area contributed by atoms with Gasteiger partial charge >= 0.3 is 0 Å². The molecule has 0 heterocycles. The molecule has 1 rings (SSSR count). The van der Waals surface area contributed by atoms with Crippen LogP contribution in [0.3, 0.4) is 0 Å². The molecule has 0 bridgehead atoms. The average Bonchev–Trinajstić information content (AvgIpc) is 2.73. The van der Waals surface area contributed by atoms with Crippen molar-refractivity contribution >= 4 is 91.2 Å². The number of nitrogens with zero attached hydrogens (tertiary/aromatic N) is 1. The van der Waals surface area contributed by atoms with Gasteiger partial charge in [-0.05, 0) is 67.8 Å². The topological polar surface area (TPSA) is 189 Å². The van der Waals surface area contributed by atoms with Gasteiger partial charge < -0.3 is 45.8 Å². The van der Waals surface area contributed by atoms with E-state index in [-0.39, 0.29) is 66.7 Å².